The van der Waals surface area contributed by atoms with Crippen LogP contribution in [0, 0.1) is 0 Å². The minimum atomic E-state index is -0.323. The minimum absolute atomic E-state index is 0.0238. The molecule has 0 atom stereocenters. The van der Waals surface area contributed by atoms with Crippen molar-refractivity contribution < 1.29 is 14.3 Å². The molecule has 0 amide bonds. The number of rotatable bonds is 5. The van der Waals surface area contributed by atoms with Crippen molar-refractivity contribution in [1.82, 2.24) is 0 Å². The first kappa shape index (κ1) is 10.6. The molecule has 0 unspecified atom stereocenters. The smallest absolute Gasteiger partial charge is 0.344 e. The predicted octanol–water partition coefficient (Wildman–Crippen LogP) is 2.02. The summed E-state index contributed by atoms with van der Waals surface area (Å²) in [4.78, 5) is 11.0. The van der Waals surface area contributed by atoms with Crippen LogP contribution in [0.3, 0.4) is 0 Å². The van der Waals surface area contributed by atoms with E-state index in [1.165, 1.54) is 0 Å². The van der Waals surface area contributed by atoms with E-state index in [2.05, 4.69) is 0 Å². The van der Waals surface area contributed by atoms with Gasteiger partial charge in [0.2, 0.25) is 0 Å². The second-order valence-corrected chi connectivity index (χ2v) is 2.82. The maximum Gasteiger partial charge on any atom is 0.344 e. The first-order valence-corrected chi connectivity index (χ1v) is 4.66. The summed E-state index contributed by atoms with van der Waals surface area (Å²) in [6.07, 6.45) is 0.830. The SMILES string of the molecule is CCCOC(=O)COc1ccccc1. The van der Waals surface area contributed by atoms with Gasteiger partial charge in [0.25, 0.3) is 0 Å². The lowest BCUT2D eigenvalue weighted by molar-refractivity contribution is -0.146. The van der Waals surface area contributed by atoms with E-state index in [4.69, 9.17) is 9.47 Å². The second-order valence-electron chi connectivity index (χ2n) is 2.82. The third-order valence-electron chi connectivity index (χ3n) is 1.57. The third kappa shape index (κ3) is 3.94. The maximum atomic E-state index is 11.0. The second kappa shape index (κ2) is 6.02. The van der Waals surface area contributed by atoms with Crippen LogP contribution in [0.2, 0.25) is 0 Å². The van der Waals surface area contributed by atoms with Crippen LogP contribution in [-0.4, -0.2) is 19.2 Å². The van der Waals surface area contributed by atoms with E-state index in [0.29, 0.717) is 12.4 Å². The summed E-state index contributed by atoms with van der Waals surface area (Å²) < 4.78 is 10.0. The number of carbonyl (C=O) groups is 1. The van der Waals surface area contributed by atoms with Crippen molar-refractivity contribution in [3.8, 4) is 5.75 Å². The van der Waals surface area contributed by atoms with Crippen LogP contribution in [-0.2, 0) is 9.53 Å². The van der Waals surface area contributed by atoms with Gasteiger partial charge < -0.3 is 9.47 Å². The van der Waals surface area contributed by atoms with Crippen LogP contribution in [0.15, 0.2) is 30.3 Å². The van der Waals surface area contributed by atoms with Crippen LogP contribution in [0.1, 0.15) is 13.3 Å². The van der Waals surface area contributed by atoms with Crippen LogP contribution in [0.25, 0.3) is 0 Å². The van der Waals surface area contributed by atoms with Crippen molar-refractivity contribution >= 4 is 5.97 Å². The number of para-hydroxylation sites is 1. The fourth-order valence-corrected chi connectivity index (χ4v) is 0.917. The van der Waals surface area contributed by atoms with Gasteiger partial charge in [0.15, 0.2) is 6.61 Å². The van der Waals surface area contributed by atoms with Crippen molar-refractivity contribution in [3.63, 3.8) is 0 Å². The zero-order valence-corrected chi connectivity index (χ0v) is 8.23. The molecule has 3 nitrogen and oxygen atoms in total. The standard InChI is InChI=1S/C11H14O3/c1-2-8-13-11(12)9-14-10-6-4-3-5-7-10/h3-7H,2,8-9H2,1H3. The molecule has 0 fully saturated rings. The Morgan fingerprint density at radius 2 is 2.00 bits per heavy atom. The molecule has 3 heteroatoms. The highest BCUT2D eigenvalue weighted by Gasteiger charge is 2.02. The fraction of sp³-hybridized carbons (Fsp3) is 0.364. The lowest BCUT2D eigenvalue weighted by Gasteiger charge is -2.05. The van der Waals surface area contributed by atoms with Crippen molar-refractivity contribution in [2.24, 2.45) is 0 Å². The molecule has 0 aliphatic heterocycles. The Morgan fingerprint density at radius 3 is 2.64 bits per heavy atom. The summed E-state index contributed by atoms with van der Waals surface area (Å²) in [6, 6.07) is 9.20. The van der Waals surface area contributed by atoms with Crippen molar-refractivity contribution in [2.75, 3.05) is 13.2 Å². The molecule has 76 valence electrons. The molecule has 0 spiro atoms. The van der Waals surface area contributed by atoms with E-state index in [1.807, 2.05) is 25.1 Å². The Bertz CT molecular complexity index is 269. The normalized spacial score (nSPS) is 9.50. The minimum Gasteiger partial charge on any atom is -0.482 e. The predicted molar refractivity (Wildman–Crippen MR) is 53.2 cm³/mol. The van der Waals surface area contributed by atoms with E-state index in [0.717, 1.165) is 6.42 Å². The summed E-state index contributed by atoms with van der Waals surface area (Å²) in [7, 11) is 0. The molecule has 0 heterocycles. The summed E-state index contributed by atoms with van der Waals surface area (Å²) in [5.74, 6) is 0.358. The molecule has 0 aliphatic carbocycles. The number of carbonyl (C=O) groups excluding carboxylic acids is 1. The molecule has 0 N–H and O–H groups in total. The molecule has 1 aromatic carbocycles. The van der Waals surface area contributed by atoms with E-state index >= 15 is 0 Å². The Balaban J connectivity index is 2.24. The number of esters is 1. The summed E-state index contributed by atoms with van der Waals surface area (Å²) in [6.45, 7) is 2.38. The van der Waals surface area contributed by atoms with Crippen LogP contribution in [0.4, 0.5) is 0 Å². The average molecular weight is 194 g/mol. The maximum absolute atomic E-state index is 11.0. The molecule has 14 heavy (non-hydrogen) atoms. The van der Waals surface area contributed by atoms with Crippen LogP contribution < -0.4 is 4.74 Å². The quantitative estimate of drug-likeness (QED) is 0.673. The van der Waals surface area contributed by atoms with E-state index < -0.39 is 0 Å². The molecule has 1 rings (SSSR count). The number of benzene rings is 1. The summed E-state index contributed by atoms with van der Waals surface area (Å²) in [5, 5.41) is 0. The number of ether oxygens (including phenoxy) is 2. The Morgan fingerprint density at radius 1 is 1.29 bits per heavy atom. The molecule has 0 radical (unpaired) electrons. The van der Waals surface area contributed by atoms with Crippen LogP contribution in [0.5, 0.6) is 5.75 Å². The van der Waals surface area contributed by atoms with Gasteiger partial charge in [0, 0.05) is 0 Å². The molecule has 0 aliphatic rings. The Hall–Kier alpha value is -1.51. The van der Waals surface area contributed by atoms with Crippen LogP contribution >= 0.6 is 0 Å². The van der Waals surface area contributed by atoms with E-state index in [-0.39, 0.29) is 12.6 Å². The van der Waals surface area contributed by atoms with Crippen molar-refractivity contribution in [1.29, 1.82) is 0 Å². The first-order valence-electron chi connectivity index (χ1n) is 4.66. The highest BCUT2D eigenvalue weighted by Crippen LogP contribution is 2.07. The molecule has 0 saturated carbocycles. The lowest BCUT2D eigenvalue weighted by Crippen LogP contribution is -2.15. The topological polar surface area (TPSA) is 35.5 Å². The van der Waals surface area contributed by atoms with E-state index in [1.54, 1.807) is 12.1 Å². The van der Waals surface area contributed by atoms with Gasteiger partial charge in [0.05, 0.1) is 6.61 Å². The molecule has 1 aromatic rings. The Labute approximate surface area is 83.6 Å². The highest BCUT2D eigenvalue weighted by molar-refractivity contribution is 5.71. The van der Waals surface area contributed by atoms with Gasteiger partial charge in [-0.2, -0.15) is 0 Å². The van der Waals surface area contributed by atoms with Gasteiger partial charge in [-0.05, 0) is 18.6 Å². The zero-order chi connectivity index (χ0) is 10.2. The molecule has 0 saturated heterocycles. The van der Waals surface area contributed by atoms with Gasteiger partial charge in [0.1, 0.15) is 5.75 Å². The third-order valence-corrected chi connectivity index (χ3v) is 1.57. The zero-order valence-electron chi connectivity index (χ0n) is 8.23. The first-order chi connectivity index (χ1) is 6.83. The molecule has 0 aromatic heterocycles. The summed E-state index contributed by atoms with van der Waals surface area (Å²) in [5.41, 5.74) is 0. The van der Waals surface area contributed by atoms with Gasteiger partial charge in [-0.3, -0.25) is 0 Å². The number of hydrogen-bond acceptors (Lipinski definition) is 3. The Kier molecular flexibility index (Phi) is 4.55. The van der Waals surface area contributed by atoms with Gasteiger partial charge in [-0.1, -0.05) is 25.1 Å². The fourth-order valence-electron chi connectivity index (χ4n) is 0.917. The molecular weight excluding hydrogens is 180 g/mol. The van der Waals surface area contributed by atoms with Gasteiger partial charge in [-0.15, -0.1) is 0 Å². The largest absolute Gasteiger partial charge is 0.482 e. The summed E-state index contributed by atoms with van der Waals surface area (Å²) >= 11 is 0. The van der Waals surface area contributed by atoms with E-state index in [9.17, 15) is 4.79 Å². The number of hydrogen-bond donors (Lipinski definition) is 0. The average Bonchev–Trinajstić information content (AvgIpc) is 2.25. The van der Waals surface area contributed by atoms with Crippen molar-refractivity contribution in [3.05, 3.63) is 30.3 Å². The van der Waals surface area contributed by atoms with Crippen molar-refractivity contribution in [2.45, 2.75) is 13.3 Å². The highest BCUT2D eigenvalue weighted by atomic mass is 16.6. The molecule has 0 bridgehead atoms. The van der Waals surface area contributed by atoms with Gasteiger partial charge in [-0.25, -0.2) is 4.79 Å². The lowest BCUT2D eigenvalue weighted by atomic mass is 10.3. The monoisotopic (exact) mass is 194 g/mol. The molecular formula is C11H14O3. The van der Waals surface area contributed by atoms with Gasteiger partial charge >= 0.3 is 5.97 Å².